The van der Waals surface area contributed by atoms with Crippen LogP contribution < -0.4 is 9.47 Å². The predicted octanol–water partition coefficient (Wildman–Crippen LogP) is 6.97. The molecule has 8 nitrogen and oxygen atoms in total. The number of halogens is 2. The summed E-state index contributed by atoms with van der Waals surface area (Å²) in [6, 6.07) is 25.6. The number of hydrogen-bond donors (Lipinski definition) is 0. The Hall–Kier alpha value is -4.61. The van der Waals surface area contributed by atoms with Crippen molar-refractivity contribution < 1.29 is 31.4 Å². The summed E-state index contributed by atoms with van der Waals surface area (Å²) in [7, 11) is -1.04. The summed E-state index contributed by atoms with van der Waals surface area (Å²) in [5.74, 6) is 0.797. The van der Waals surface area contributed by atoms with E-state index in [2.05, 4.69) is 9.97 Å². The molecule has 0 radical (unpaired) electrons. The third-order valence-electron chi connectivity index (χ3n) is 7.43. The van der Waals surface area contributed by atoms with Crippen LogP contribution in [0.2, 0.25) is 0 Å². The molecule has 46 heavy (non-hydrogen) atoms. The number of nitrogens with zero attached hydrogens (tertiary/aromatic N) is 3. The van der Waals surface area contributed by atoms with Gasteiger partial charge >= 0.3 is 0 Å². The third-order valence-corrected chi connectivity index (χ3v) is 8.94. The molecule has 0 N–H and O–H groups in total. The third kappa shape index (κ3) is 8.35. The van der Waals surface area contributed by atoms with Gasteiger partial charge < -0.3 is 19.1 Å². The number of sulfone groups is 1. The van der Waals surface area contributed by atoms with E-state index in [1.54, 1.807) is 26.5 Å². The van der Waals surface area contributed by atoms with Crippen LogP contribution in [0.15, 0.2) is 108 Å². The molecule has 3 aromatic carbocycles. The molecule has 0 spiro atoms. The van der Waals surface area contributed by atoms with Crippen molar-refractivity contribution >= 4 is 15.4 Å². The molecule has 0 saturated heterocycles. The second-order valence-corrected chi connectivity index (χ2v) is 12.7. The van der Waals surface area contributed by atoms with Crippen LogP contribution in [-0.4, -0.2) is 49.8 Å². The van der Waals surface area contributed by atoms with Gasteiger partial charge in [0.25, 0.3) is 6.43 Å². The first-order valence-electron chi connectivity index (χ1n) is 14.7. The molecule has 11 heteroatoms. The summed E-state index contributed by atoms with van der Waals surface area (Å²) in [6.45, 7) is 1.32. The molecule has 1 atom stereocenters. The van der Waals surface area contributed by atoms with Crippen molar-refractivity contribution in [2.45, 2.75) is 37.3 Å². The lowest BCUT2D eigenvalue weighted by Gasteiger charge is -2.24. The maximum absolute atomic E-state index is 14.0. The van der Waals surface area contributed by atoms with Crippen LogP contribution in [0.3, 0.4) is 0 Å². The molecule has 1 aliphatic heterocycles. The Morgan fingerprint density at radius 2 is 1.59 bits per heavy atom. The Morgan fingerprint density at radius 1 is 0.870 bits per heavy atom. The maximum atomic E-state index is 14.0. The number of benzene rings is 3. The van der Waals surface area contributed by atoms with Crippen LogP contribution in [-0.2, 0) is 27.7 Å². The highest BCUT2D eigenvalue weighted by molar-refractivity contribution is 7.91. The Morgan fingerprint density at radius 3 is 2.28 bits per heavy atom. The topological polar surface area (TPSA) is 90.9 Å². The Kier molecular flexibility index (Phi) is 10.8. The van der Waals surface area contributed by atoms with E-state index in [0.717, 1.165) is 22.8 Å². The summed E-state index contributed by atoms with van der Waals surface area (Å²) in [6.07, 6.45) is 1.91. The molecule has 240 valence electrons. The first-order valence-corrected chi connectivity index (χ1v) is 16.3. The van der Waals surface area contributed by atoms with Crippen molar-refractivity contribution in [1.82, 2.24) is 14.9 Å². The quantitative estimate of drug-likeness (QED) is 0.136. The monoisotopic (exact) mass is 647 g/mol. The van der Waals surface area contributed by atoms with Crippen molar-refractivity contribution in [3.8, 4) is 11.5 Å². The molecule has 1 unspecified atom stereocenters. The molecular weight excluding hydrogens is 612 g/mol. The van der Waals surface area contributed by atoms with Gasteiger partial charge in [0.15, 0.2) is 11.5 Å². The lowest BCUT2D eigenvalue weighted by Crippen LogP contribution is -2.20. The Labute approximate surface area is 267 Å². The summed E-state index contributed by atoms with van der Waals surface area (Å²) in [5, 5.41) is -0.638. The fraction of sp³-hybridized carbons (Fsp3) is 0.257. The number of aromatic nitrogens is 2. The van der Waals surface area contributed by atoms with Gasteiger partial charge in [-0.1, -0.05) is 78.9 Å². The zero-order valence-corrected chi connectivity index (χ0v) is 26.4. The maximum Gasteiger partial charge on any atom is 0.280 e. The highest BCUT2D eigenvalue weighted by Crippen LogP contribution is 2.30. The second-order valence-electron chi connectivity index (χ2n) is 10.7. The first kappa shape index (κ1) is 32.8. The van der Waals surface area contributed by atoms with Gasteiger partial charge in [0.05, 0.1) is 38.4 Å². The molecule has 5 rings (SSSR count). The SMILES string of the molecule is COc1ccc(CN2C=C(c3cc(C(F)F)nc(S(=O)(=O)CCC(OCc4ccccc4)c4ccccc4)n3)C=CC2)cc1OC. The van der Waals surface area contributed by atoms with Crippen LogP contribution in [0.5, 0.6) is 11.5 Å². The normalized spacial score (nSPS) is 13.8. The number of rotatable bonds is 14. The summed E-state index contributed by atoms with van der Waals surface area (Å²) >= 11 is 0. The Balaban J connectivity index is 1.37. The standard InChI is InChI=1S/C35H35F2N3O5S/c1-43-32-16-15-26(20-33(32)44-2)22-40-18-9-14-28(23-40)29-21-30(34(36)37)39-35(38-29)46(41,42)19-17-31(27-12-7-4-8-13-27)45-24-25-10-5-3-6-11-25/h3-16,20-21,23,31,34H,17-19,22,24H2,1-2H3. The van der Waals surface area contributed by atoms with E-state index in [-0.39, 0.29) is 18.7 Å². The van der Waals surface area contributed by atoms with Gasteiger partial charge in [-0.3, -0.25) is 0 Å². The molecule has 0 aliphatic carbocycles. The zero-order valence-electron chi connectivity index (χ0n) is 25.6. The lowest BCUT2D eigenvalue weighted by atomic mass is 10.1. The van der Waals surface area contributed by atoms with Gasteiger partial charge in [-0.2, -0.15) is 0 Å². The zero-order chi connectivity index (χ0) is 32.5. The summed E-state index contributed by atoms with van der Waals surface area (Å²) in [4.78, 5) is 10.0. The lowest BCUT2D eigenvalue weighted by molar-refractivity contribution is 0.0376. The molecule has 2 heterocycles. The van der Waals surface area contributed by atoms with E-state index < -0.39 is 39.0 Å². The van der Waals surface area contributed by atoms with E-state index >= 15 is 0 Å². The van der Waals surface area contributed by atoms with E-state index in [4.69, 9.17) is 14.2 Å². The van der Waals surface area contributed by atoms with Gasteiger partial charge in [0.2, 0.25) is 15.0 Å². The average Bonchev–Trinajstić information content (AvgIpc) is 3.09. The summed E-state index contributed by atoms with van der Waals surface area (Å²) in [5.41, 5.74) is 2.61. The number of methoxy groups -OCH3 is 2. The van der Waals surface area contributed by atoms with Crippen LogP contribution in [0.4, 0.5) is 8.78 Å². The predicted molar refractivity (Wildman–Crippen MR) is 171 cm³/mol. The van der Waals surface area contributed by atoms with Gasteiger partial charge in [0.1, 0.15) is 5.69 Å². The minimum absolute atomic E-state index is 0.0818. The highest BCUT2D eigenvalue weighted by Gasteiger charge is 2.26. The fourth-order valence-electron chi connectivity index (χ4n) is 5.06. The van der Waals surface area contributed by atoms with Crippen molar-refractivity contribution in [3.63, 3.8) is 0 Å². The van der Waals surface area contributed by atoms with Crippen LogP contribution in [0.25, 0.3) is 5.57 Å². The Bertz CT molecular complexity index is 1780. The number of ether oxygens (including phenoxy) is 3. The van der Waals surface area contributed by atoms with Crippen molar-refractivity contribution in [1.29, 1.82) is 0 Å². The molecule has 1 aliphatic rings. The van der Waals surface area contributed by atoms with Gasteiger partial charge in [-0.25, -0.2) is 27.2 Å². The van der Waals surface area contributed by atoms with Crippen molar-refractivity contribution in [2.75, 3.05) is 26.5 Å². The summed E-state index contributed by atoms with van der Waals surface area (Å²) < 4.78 is 72.0. The molecule has 0 amide bonds. The first-order chi connectivity index (χ1) is 22.3. The smallest absolute Gasteiger partial charge is 0.280 e. The van der Waals surface area contributed by atoms with E-state index in [1.165, 1.54) is 0 Å². The minimum Gasteiger partial charge on any atom is -0.493 e. The highest BCUT2D eigenvalue weighted by atomic mass is 32.2. The van der Waals surface area contributed by atoms with Crippen LogP contribution >= 0.6 is 0 Å². The minimum atomic E-state index is -4.17. The van der Waals surface area contributed by atoms with Crippen LogP contribution in [0.1, 0.15) is 47.0 Å². The van der Waals surface area contributed by atoms with Gasteiger partial charge in [-0.15, -0.1) is 0 Å². The average molecular weight is 648 g/mol. The van der Waals surface area contributed by atoms with E-state index in [1.807, 2.05) is 89.8 Å². The number of hydrogen-bond acceptors (Lipinski definition) is 8. The molecular formula is C35H35F2N3O5S. The largest absolute Gasteiger partial charge is 0.493 e. The molecule has 0 fully saturated rings. The van der Waals surface area contributed by atoms with E-state index in [9.17, 15) is 17.2 Å². The van der Waals surface area contributed by atoms with Gasteiger partial charge in [-0.05, 0) is 41.3 Å². The van der Waals surface area contributed by atoms with Gasteiger partial charge in [0, 0.05) is 24.9 Å². The molecule has 0 saturated carbocycles. The van der Waals surface area contributed by atoms with Crippen molar-refractivity contribution in [3.05, 3.63) is 131 Å². The number of alkyl halides is 2. The van der Waals surface area contributed by atoms with Crippen LogP contribution in [0, 0.1) is 0 Å². The number of allylic oxidation sites excluding steroid dienone is 2. The second kappa shape index (κ2) is 15.1. The molecule has 4 aromatic rings. The fourth-order valence-corrected chi connectivity index (χ4v) is 6.25. The van der Waals surface area contributed by atoms with E-state index in [0.29, 0.717) is 30.2 Å². The molecule has 0 bridgehead atoms. The molecule has 1 aromatic heterocycles. The van der Waals surface area contributed by atoms with Crippen molar-refractivity contribution in [2.24, 2.45) is 0 Å².